The van der Waals surface area contributed by atoms with Gasteiger partial charge in [-0.25, -0.2) is 9.18 Å². The Bertz CT molecular complexity index is 688. The number of carboxylic acid groups (broad SMARTS) is 1. The number of halogens is 1. The molecule has 0 spiro atoms. The fourth-order valence-corrected chi connectivity index (χ4v) is 2.58. The zero-order valence-electron chi connectivity index (χ0n) is 10.7. The lowest BCUT2D eigenvalue weighted by Gasteiger charge is -2.04. The maximum atomic E-state index is 13.2. The van der Waals surface area contributed by atoms with Crippen molar-refractivity contribution < 1.29 is 19.2 Å². The molecule has 0 aliphatic rings. The molecule has 2 aromatic carbocycles. The van der Waals surface area contributed by atoms with Crippen molar-refractivity contribution in [3.05, 3.63) is 69.5 Å². The highest BCUT2D eigenvalue weighted by molar-refractivity contribution is 7.98. The van der Waals surface area contributed by atoms with Gasteiger partial charge >= 0.3 is 5.97 Å². The predicted octanol–water partition coefficient (Wildman–Crippen LogP) is 3.72. The molecule has 0 aliphatic heterocycles. The average molecular weight is 307 g/mol. The number of rotatable bonds is 5. The van der Waals surface area contributed by atoms with Gasteiger partial charge in [0.2, 0.25) is 0 Å². The Morgan fingerprint density at radius 2 is 1.90 bits per heavy atom. The molecule has 0 fully saturated rings. The van der Waals surface area contributed by atoms with Crippen LogP contribution in [0.5, 0.6) is 0 Å². The number of thioether (sulfide) groups is 1. The second kappa shape index (κ2) is 6.36. The molecule has 108 valence electrons. The van der Waals surface area contributed by atoms with Crippen molar-refractivity contribution in [3.63, 3.8) is 0 Å². The van der Waals surface area contributed by atoms with Gasteiger partial charge in [0, 0.05) is 22.3 Å². The Balaban J connectivity index is 2.14. The molecule has 0 heterocycles. The summed E-state index contributed by atoms with van der Waals surface area (Å²) in [6.45, 7) is 0. The summed E-state index contributed by atoms with van der Waals surface area (Å²) >= 11 is 1.27. The number of nitro groups is 1. The van der Waals surface area contributed by atoms with Gasteiger partial charge < -0.3 is 5.11 Å². The fraction of sp³-hybridized carbons (Fsp3) is 0.0714. The van der Waals surface area contributed by atoms with Crippen LogP contribution in [-0.2, 0) is 5.75 Å². The first kappa shape index (κ1) is 15.0. The second-order valence-electron chi connectivity index (χ2n) is 4.15. The molecular weight excluding hydrogens is 297 g/mol. The Morgan fingerprint density at radius 1 is 1.24 bits per heavy atom. The third kappa shape index (κ3) is 3.79. The quantitative estimate of drug-likeness (QED) is 0.517. The molecule has 2 aromatic rings. The molecular formula is C14H10FNO4S. The molecule has 0 amide bonds. The highest BCUT2D eigenvalue weighted by atomic mass is 32.2. The molecule has 0 saturated carbocycles. The van der Waals surface area contributed by atoms with Gasteiger partial charge in [-0.15, -0.1) is 11.8 Å². The van der Waals surface area contributed by atoms with E-state index in [9.17, 15) is 19.3 Å². The minimum absolute atomic E-state index is 0.133. The number of aromatic carboxylic acids is 1. The van der Waals surface area contributed by atoms with Crippen molar-refractivity contribution in [3.8, 4) is 0 Å². The van der Waals surface area contributed by atoms with Crippen molar-refractivity contribution in [2.24, 2.45) is 0 Å². The van der Waals surface area contributed by atoms with Gasteiger partial charge in [0.05, 0.1) is 10.5 Å². The molecule has 0 saturated heterocycles. The van der Waals surface area contributed by atoms with Crippen LogP contribution in [0.15, 0.2) is 47.4 Å². The summed E-state index contributed by atoms with van der Waals surface area (Å²) < 4.78 is 13.2. The number of carboxylic acids is 1. The van der Waals surface area contributed by atoms with Gasteiger partial charge in [-0.3, -0.25) is 10.1 Å². The van der Waals surface area contributed by atoms with Gasteiger partial charge in [0.15, 0.2) is 0 Å². The summed E-state index contributed by atoms with van der Waals surface area (Å²) in [6.07, 6.45) is 0. The van der Waals surface area contributed by atoms with Crippen molar-refractivity contribution >= 4 is 23.4 Å². The van der Waals surface area contributed by atoms with E-state index in [-0.39, 0.29) is 22.6 Å². The minimum Gasteiger partial charge on any atom is -0.478 e. The molecule has 0 radical (unpaired) electrons. The molecule has 0 atom stereocenters. The van der Waals surface area contributed by atoms with Crippen molar-refractivity contribution in [1.29, 1.82) is 0 Å². The molecule has 7 heteroatoms. The molecule has 0 aromatic heterocycles. The summed E-state index contributed by atoms with van der Waals surface area (Å²) in [5.41, 5.74) is 0.314. The number of benzene rings is 2. The van der Waals surface area contributed by atoms with E-state index in [1.807, 2.05) is 0 Å². The van der Waals surface area contributed by atoms with E-state index >= 15 is 0 Å². The monoisotopic (exact) mass is 307 g/mol. The molecule has 0 unspecified atom stereocenters. The number of nitro benzene ring substituents is 1. The maximum Gasteiger partial charge on any atom is 0.335 e. The third-order valence-corrected chi connectivity index (χ3v) is 3.79. The number of nitrogens with zero attached hydrogens (tertiary/aromatic N) is 1. The van der Waals surface area contributed by atoms with E-state index in [1.165, 1.54) is 23.9 Å². The van der Waals surface area contributed by atoms with Gasteiger partial charge in [0.1, 0.15) is 5.82 Å². The summed E-state index contributed by atoms with van der Waals surface area (Å²) in [4.78, 5) is 21.8. The summed E-state index contributed by atoms with van der Waals surface area (Å²) in [6, 6.07) is 9.44. The van der Waals surface area contributed by atoms with Gasteiger partial charge in [-0.05, 0) is 36.4 Å². The highest BCUT2D eigenvalue weighted by Gasteiger charge is 2.14. The van der Waals surface area contributed by atoms with Crippen LogP contribution in [0.1, 0.15) is 15.9 Å². The van der Waals surface area contributed by atoms with Crippen LogP contribution >= 0.6 is 11.8 Å². The maximum absolute atomic E-state index is 13.2. The topological polar surface area (TPSA) is 80.4 Å². The van der Waals surface area contributed by atoms with E-state index in [0.717, 1.165) is 23.1 Å². The van der Waals surface area contributed by atoms with E-state index in [4.69, 9.17) is 5.11 Å². The summed E-state index contributed by atoms with van der Waals surface area (Å²) in [5, 5.41) is 19.7. The van der Waals surface area contributed by atoms with Crippen LogP contribution in [0, 0.1) is 15.9 Å². The largest absolute Gasteiger partial charge is 0.478 e. The number of hydrogen-bond donors (Lipinski definition) is 1. The fourth-order valence-electron chi connectivity index (χ4n) is 1.70. The molecule has 5 nitrogen and oxygen atoms in total. The smallest absolute Gasteiger partial charge is 0.335 e. The summed E-state index contributed by atoms with van der Waals surface area (Å²) in [7, 11) is 0. The third-order valence-electron chi connectivity index (χ3n) is 2.73. The lowest BCUT2D eigenvalue weighted by atomic mass is 10.2. The standard InChI is InChI=1S/C14H10FNO4S/c15-11-3-6-13(16(19)20)10(7-11)8-21-12-4-1-9(2-5-12)14(17)18/h1-7H,8H2,(H,17,18). The van der Waals surface area contributed by atoms with Crippen molar-refractivity contribution in [2.75, 3.05) is 0 Å². The molecule has 0 bridgehead atoms. The average Bonchev–Trinajstić information content (AvgIpc) is 2.45. The lowest BCUT2D eigenvalue weighted by Crippen LogP contribution is -1.96. The predicted molar refractivity (Wildman–Crippen MR) is 76.0 cm³/mol. The van der Waals surface area contributed by atoms with Crippen molar-refractivity contribution in [1.82, 2.24) is 0 Å². The zero-order chi connectivity index (χ0) is 15.4. The molecule has 1 N–H and O–H groups in total. The first-order valence-corrected chi connectivity index (χ1v) is 6.85. The van der Waals surface area contributed by atoms with E-state index < -0.39 is 16.7 Å². The van der Waals surface area contributed by atoms with Crippen LogP contribution < -0.4 is 0 Å². The van der Waals surface area contributed by atoms with Gasteiger partial charge in [0.25, 0.3) is 5.69 Å². The molecule has 0 aliphatic carbocycles. The highest BCUT2D eigenvalue weighted by Crippen LogP contribution is 2.28. The van der Waals surface area contributed by atoms with Crippen LogP contribution in [0.2, 0.25) is 0 Å². The van der Waals surface area contributed by atoms with Crippen LogP contribution in [-0.4, -0.2) is 16.0 Å². The minimum atomic E-state index is -1.02. The van der Waals surface area contributed by atoms with Gasteiger partial charge in [-0.2, -0.15) is 0 Å². The molecule has 2 rings (SSSR count). The summed E-state index contributed by atoms with van der Waals surface area (Å²) in [5.74, 6) is -1.33. The van der Waals surface area contributed by atoms with Gasteiger partial charge in [-0.1, -0.05) is 0 Å². The van der Waals surface area contributed by atoms with E-state index in [2.05, 4.69) is 0 Å². The Hall–Kier alpha value is -2.41. The first-order chi connectivity index (χ1) is 9.97. The lowest BCUT2D eigenvalue weighted by molar-refractivity contribution is -0.385. The van der Waals surface area contributed by atoms with Crippen LogP contribution in [0.4, 0.5) is 10.1 Å². The Morgan fingerprint density at radius 3 is 2.48 bits per heavy atom. The van der Waals surface area contributed by atoms with Crippen LogP contribution in [0.25, 0.3) is 0 Å². The Kier molecular flexibility index (Phi) is 4.54. The number of carbonyl (C=O) groups is 1. The van der Waals surface area contributed by atoms with E-state index in [1.54, 1.807) is 12.1 Å². The van der Waals surface area contributed by atoms with E-state index in [0.29, 0.717) is 0 Å². The first-order valence-electron chi connectivity index (χ1n) is 5.86. The Labute approximate surface area is 123 Å². The zero-order valence-corrected chi connectivity index (χ0v) is 11.5. The number of hydrogen-bond acceptors (Lipinski definition) is 4. The molecule has 21 heavy (non-hydrogen) atoms. The normalized spacial score (nSPS) is 10.3. The van der Waals surface area contributed by atoms with Crippen molar-refractivity contribution in [2.45, 2.75) is 10.6 Å². The van der Waals surface area contributed by atoms with Crippen LogP contribution in [0.3, 0.4) is 0 Å². The SMILES string of the molecule is O=C(O)c1ccc(SCc2cc(F)ccc2[N+](=O)[O-])cc1. The second-order valence-corrected chi connectivity index (χ2v) is 5.20.